The number of benzene rings is 2. The van der Waals surface area contributed by atoms with E-state index in [4.69, 9.17) is 4.98 Å². The molecule has 0 bridgehead atoms. The maximum atomic E-state index is 4.75. The van der Waals surface area contributed by atoms with Crippen LogP contribution in [0.5, 0.6) is 0 Å². The normalized spacial score (nSPS) is 11.4. The molecule has 0 unspecified atom stereocenters. The number of fused-ring (bicyclic) bond motifs is 3. The summed E-state index contributed by atoms with van der Waals surface area (Å²) in [7, 11) is 0. The molecule has 0 amide bonds. The van der Waals surface area contributed by atoms with Gasteiger partial charge in [-0.25, -0.2) is 4.98 Å². The lowest BCUT2D eigenvalue weighted by Crippen LogP contribution is -1.78. The van der Waals surface area contributed by atoms with Crippen LogP contribution >= 0.6 is 23.1 Å². The molecule has 0 spiro atoms. The minimum Gasteiger partial charge on any atom is -0.290 e. The molecule has 0 saturated carbocycles. The van der Waals surface area contributed by atoms with Crippen molar-refractivity contribution >= 4 is 38.3 Å². The zero-order valence-corrected chi connectivity index (χ0v) is 12.5. The Hall–Kier alpha value is -1.78. The highest BCUT2D eigenvalue weighted by molar-refractivity contribution is 7.98. The monoisotopic (exact) mass is 296 g/mol. The quantitative estimate of drug-likeness (QED) is 0.488. The lowest BCUT2D eigenvalue weighted by molar-refractivity contribution is 1.29. The third-order valence-electron chi connectivity index (χ3n) is 3.37. The van der Waals surface area contributed by atoms with Crippen molar-refractivity contribution in [3.63, 3.8) is 0 Å². The van der Waals surface area contributed by atoms with Crippen LogP contribution in [0.4, 0.5) is 0 Å². The second kappa shape index (κ2) is 4.65. The Labute approximate surface area is 125 Å². The molecular formula is C16H12N2S2. The van der Waals surface area contributed by atoms with Gasteiger partial charge >= 0.3 is 0 Å². The van der Waals surface area contributed by atoms with Crippen molar-refractivity contribution in [2.24, 2.45) is 0 Å². The van der Waals surface area contributed by atoms with Crippen LogP contribution < -0.4 is 0 Å². The fourth-order valence-corrected chi connectivity index (χ4v) is 3.92. The van der Waals surface area contributed by atoms with Crippen LogP contribution in [0.1, 0.15) is 0 Å². The molecular weight excluding hydrogens is 284 g/mol. The van der Waals surface area contributed by atoms with Gasteiger partial charge in [0.05, 0.1) is 15.9 Å². The molecule has 0 aliphatic carbocycles. The standard InChI is InChI=1S/C16H12N2S2/c1-19-12-7-8-14-15(9-12)20-16-17-13(10-18(14)16)11-5-3-2-4-6-11/h2-10H,1H3. The summed E-state index contributed by atoms with van der Waals surface area (Å²) in [5.41, 5.74) is 3.43. The Balaban J connectivity index is 1.93. The summed E-state index contributed by atoms with van der Waals surface area (Å²) >= 11 is 3.52. The largest absolute Gasteiger partial charge is 0.290 e. The molecule has 2 nitrogen and oxygen atoms in total. The number of aromatic nitrogens is 2. The highest BCUT2D eigenvalue weighted by Crippen LogP contribution is 2.31. The molecule has 0 aliphatic heterocycles. The van der Waals surface area contributed by atoms with Gasteiger partial charge in [-0.05, 0) is 24.5 Å². The average Bonchev–Trinajstić information content (AvgIpc) is 3.05. The second-order valence-electron chi connectivity index (χ2n) is 4.58. The molecule has 4 heteroatoms. The summed E-state index contributed by atoms with van der Waals surface area (Å²) in [5, 5.41) is 0. The van der Waals surface area contributed by atoms with Gasteiger partial charge < -0.3 is 0 Å². The van der Waals surface area contributed by atoms with Gasteiger partial charge in [-0.2, -0.15) is 0 Å². The van der Waals surface area contributed by atoms with Gasteiger partial charge in [-0.15, -0.1) is 11.8 Å². The van der Waals surface area contributed by atoms with Crippen molar-refractivity contribution in [2.75, 3.05) is 6.26 Å². The molecule has 2 aromatic heterocycles. The first-order valence-electron chi connectivity index (χ1n) is 6.36. The Morgan fingerprint density at radius 3 is 2.75 bits per heavy atom. The SMILES string of the molecule is CSc1ccc2c(c1)sc1nc(-c3ccccc3)cn12. The number of hydrogen-bond acceptors (Lipinski definition) is 3. The molecule has 0 saturated heterocycles. The van der Waals surface area contributed by atoms with Gasteiger partial charge in [0.2, 0.25) is 0 Å². The number of imidazole rings is 1. The zero-order chi connectivity index (χ0) is 13.5. The predicted molar refractivity (Wildman–Crippen MR) is 87.8 cm³/mol. The summed E-state index contributed by atoms with van der Waals surface area (Å²) in [6, 6.07) is 16.9. The molecule has 0 radical (unpaired) electrons. The van der Waals surface area contributed by atoms with Crippen molar-refractivity contribution in [3.8, 4) is 11.3 Å². The predicted octanol–water partition coefficient (Wildman–Crippen LogP) is 4.94. The Kier molecular flexibility index (Phi) is 2.79. The average molecular weight is 296 g/mol. The van der Waals surface area contributed by atoms with E-state index in [-0.39, 0.29) is 0 Å². The van der Waals surface area contributed by atoms with E-state index in [2.05, 4.69) is 47.2 Å². The van der Waals surface area contributed by atoms with Gasteiger partial charge in [0.15, 0.2) is 4.96 Å². The fourth-order valence-electron chi connectivity index (χ4n) is 2.36. The van der Waals surface area contributed by atoms with Crippen LogP contribution in [0.2, 0.25) is 0 Å². The summed E-state index contributed by atoms with van der Waals surface area (Å²) < 4.78 is 3.48. The molecule has 0 aliphatic rings. The van der Waals surface area contributed by atoms with E-state index in [0.717, 1.165) is 16.2 Å². The molecule has 4 aromatic rings. The summed E-state index contributed by atoms with van der Waals surface area (Å²) in [6.45, 7) is 0. The van der Waals surface area contributed by atoms with Crippen molar-refractivity contribution in [1.82, 2.24) is 9.38 Å². The lowest BCUT2D eigenvalue weighted by Gasteiger charge is -1.96. The molecule has 20 heavy (non-hydrogen) atoms. The minimum absolute atomic E-state index is 1.03. The maximum Gasteiger partial charge on any atom is 0.195 e. The second-order valence-corrected chi connectivity index (χ2v) is 6.47. The molecule has 0 atom stereocenters. The van der Waals surface area contributed by atoms with E-state index in [1.54, 1.807) is 23.1 Å². The highest BCUT2D eigenvalue weighted by atomic mass is 32.2. The van der Waals surface area contributed by atoms with E-state index < -0.39 is 0 Å². The van der Waals surface area contributed by atoms with E-state index in [9.17, 15) is 0 Å². The number of nitrogens with zero attached hydrogens (tertiary/aromatic N) is 2. The van der Waals surface area contributed by atoms with Gasteiger partial charge in [0.25, 0.3) is 0 Å². The van der Waals surface area contributed by atoms with Gasteiger partial charge in [0.1, 0.15) is 0 Å². The van der Waals surface area contributed by atoms with Crippen LogP contribution in [-0.4, -0.2) is 15.6 Å². The van der Waals surface area contributed by atoms with Crippen LogP contribution in [0, 0.1) is 0 Å². The van der Waals surface area contributed by atoms with Crippen molar-refractivity contribution in [1.29, 1.82) is 0 Å². The smallest absolute Gasteiger partial charge is 0.195 e. The minimum atomic E-state index is 1.03. The van der Waals surface area contributed by atoms with E-state index >= 15 is 0 Å². The number of thioether (sulfide) groups is 1. The van der Waals surface area contributed by atoms with E-state index in [0.29, 0.717) is 0 Å². The van der Waals surface area contributed by atoms with E-state index in [1.165, 1.54) is 15.1 Å². The molecule has 2 heterocycles. The molecule has 98 valence electrons. The first-order valence-corrected chi connectivity index (χ1v) is 8.40. The number of thiazole rings is 1. The van der Waals surface area contributed by atoms with Crippen molar-refractivity contribution in [3.05, 3.63) is 54.7 Å². The molecule has 0 N–H and O–H groups in total. The molecule has 0 fully saturated rings. The third-order valence-corrected chi connectivity index (χ3v) is 5.11. The first kappa shape index (κ1) is 12.0. The van der Waals surface area contributed by atoms with Crippen LogP contribution in [0.15, 0.2) is 59.6 Å². The fraction of sp³-hybridized carbons (Fsp3) is 0.0625. The summed E-state index contributed by atoms with van der Waals surface area (Å²) in [6.07, 6.45) is 4.23. The maximum absolute atomic E-state index is 4.75. The van der Waals surface area contributed by atoms with Crippen LogP contribution in [0.25, 0.3) is 26.4 Å². The van der Waals surface area contributed by atoms with Crippen LogP contribution in [0.3, 0.4) is 0 Å². The zero-order valence-electron chi connectivity index (χ0n) is 10.9. The van der Waals surface area contributed by atoms with Gasteiger partial charge in [-0.1, -0.05) is 41.7 Å². The summed E-state index contributed by atoms with van der Waals surface area (Å²) in [5.74, 6) is 0. The van der Waals surface area contributed by atoms with Gasteiger partial charge in [0, 0.05) is 16.7 Å². The highest BCUT2D eigenvalue weighted by Gasteiger charge is 2.10. The lowest BCUT2D eigenvalue weighted by atomic mass is 10.2. The van der Waals surface area contributed by atoms with Gasteiger partial charge in [-0.3, -0.25) is 4.40 Å². The topological polar surface area (TPSA) is 17.3 Å². The van der Waals surface area contributed by atoms with Crippen molar-refractivity contribution < 1.29 is 0 Å². The Bertz CT molecular complexity index is 891. The van der Waals surface area contributed by atoms with Crippen molar-refractivity contribution in [2.45, 2.75) is 4.90 Å². The number of hydrogen-bond donors (Lipinski definition) is 0. The Morgan fingerprint density at radius 2 is 1.95 bits per heavy atom. The number of rotatable bonds is 2. The molecule has 2 aromatic carbocycles. The summed E-state index contributed by atoms with van der Waals surface area (Å²) in [4.78, 5) is 7.10. The van der Waals surface area contributed by atoms with E-state index in [1.807, 2.05) is 18.2 Å². The third kappa shape index (κ3) is 1.84. The molecule has 4 rings (SSSR count). The Morgan fingerprint density at radius 1 is 1.10 bits per heavy atom. The van der Waals surface area contributed by atoms with Crippen LogP contribution in [-0.2, 0) is 0 Å². The first-order chi connectivity index (χ1) is 9.85.